The van der Waals surface area contributed by atoms with E-state index in [1.807, 2.05) is 113 Å². The van der Waals surface area contributed by atoms with Gasteiger partial charge in [-0.1, -0.05) is 24.3 Å². The molecular weight excluding hydrogens is 1060 g/mol. The van der Waals surface area contributed by atoms with E-state index < -0.39 is 23.6 Å². The Labute approximate surface area is 476 Å². The molecule has 84 heavy (non-hydrogen) atoms. The molecule has 0 bridgehead atoms. The van der Waals surface area contributed by atoms with Gasteiger partial charge < -0.3 is 0 Å². The number of hydrogen-bond donors (Lipinski definition) is 0. The van der Waals surface area contributed by atoms with E-state index in [0.717, 1.165) is 43.3 Å². The number of fused-ring (bicyclic) bond motifs is 12. The fraction of sp³-hybridized carbons (Fsp3) is 0.0606. The van der Waals surface area contributed by atoms with Gasteiger partial charge in [0.2, 0.25) is 0 Å². The Hall–Kier alpha value is -11.7. The second-order valence-electron chi connectivity index (χ2n) is 21.0. The Bertz CT molecular complexity index is 4990. The predicted octanol–water partition coefficient (Wildman–Crippen LogP) is 15.5. The monoisotopic (exact) mass is 1100 g/mol. The molecule has 0 radical (unpaired) electrons. The number of hydrogen-bond acceptors (Lipinski definition) is 14. The van der Waals surface area contributed by atoms with Crippen molar-refractivity contribution >= 4 is 103 Å². The summed E-state index contributed by atoms with van der Waals surface area (Å²) in [7, 11) is 0. The number of carbonyl (C=O) groups is 6. The van der Waals surface area contributed by atoms with Crippen LogP contribution in [-0.4, -0.2) is 54.5 Å². The molecule has 4 amide bonds. The van der Waals surface area contributed by atoms with Gasteiger partial charge in [0.1, 0.15) is 11.6 Å². The number of imide groups is 2. The predicted molar refractivity (Wildman–Crippen MR) is 315 cm³/mol. The number of imidazole rings is 2. The zero-order valence-electron chi connectivity index (χ0n) is 45.0. The Morgan fingerprint density at radius 3 is 1.17 bits per heavy atom. The van der Waals surface area contributed by atoms with Crippen LogP contribution in [0.25, 0.3) is 56.0 Å². The molecule has 0 N–H and O–H groups in total. The molecule has 18 nitrogen and oxygen atoms in total. The summed E-state index contributed by atoms with van der Waals surface area (Å²) < 4.78 is 3.21. The molecular formula is C66H40N12O6. The van der Waals surface area contributed by atoms with Crippen molar-refractivity contribution in [1.82, 2.24) is 19.1 Å². The van der Waals surface area contributed by atoms with E-state index in [4.69, 9.17) is 9.97 Å². The third-order valence-electron chi connectivity index (χ3n) is 15.9. The maximum Gasteiger partial charge on any atom is 0.266 e. The normalized spacial score (nSPS) is 14.1. The topological polar surface area (TPSA) is 219 Å². The van der Waals surface area contributed by atoms with Crippen molar-refractivity contribution in [3.63, 3.8) is 0 Å². The first-order valence-electron chi connectivity index (χ1n) is 26.7. The van der Waals surface area contributed by atoms with Crippen LogP contribution in [0.2, 0.25) is 0 Å². The first kappa shape index (κ1) is 49.4. The molecule has 9 aromatic carbocycles. The maximum absolute atomic E-state index is 14.0. The average molecular weight is 1100 g/mol. The quantitative estimate of drug-likeness (QED) is 0.0997. The molecule has 0 atom stereocenters. The minimum absolute atomic E-state index is 0.120. The number of amides is 4. The maximum atomic E-state index is 14.0. The van der Waals surface area contributed by atoms with Gasteiger partial charge in [-0.15, -0.1) is 0 Å². The first-order valence-corrected chi connectivity index (χ1v) is 26.7. The van der Waals surface area contributed by atoms with E-state index in [2.05, 4.69) is 30.7 Å². The SMILES string of the molecule is Cc1ccc(N=Nc2ccc3c(c2)C(=O)N(c2ccc(N4C(=O)c5ccc(N=Nc6ccc7c(c6)-c6nc8cc(-c9ccc%10nc%11n(c%10c9)C(=O)c9cc(N=Nc%10ccc(C)c(C)c%10)ccc9-%11)ccc8n6C7=O)cc5C4=O)cc2)C3=O)cc1C. The molecule has 0 saturated carbocycles. The van der Waals surface area contributed by atoms with Crippen molar-refractivity contribution in [3.8, 4) is 33.9 Å². The van der Waals surface area contributed by atoms with Gasteiger partial charge in [0.25, 0.3) is 35.4 Å². The third kappa shape index (κ3) is 7.72. The molecule has 0 spiro atoms. The van der Waals surface area contributed by atoms with Crippen molar-refractivity contribution in [2.75, 3.05) is 9.80 Å². The molecule has 400 valence electrons. The molecule has 2 aromatic heterocycles. The van der Waals surface area contributed by atoms with Gasteiger partial charge >= 0.3 is 0 Å². The van der Waals surface area contributed by atoms with Gasteiger partial charge in [-0.3, -0.25) is 37.9 Å². The van der Waals surface area contributed by atoms with Gasteiger partial charge in [-0.2, -0.15) is 30.7 Å². The van der Waals surface area contributed by atoms with Crippen molar-refractivity contribution in [2.45, 2.75) is 27.7 Å². The Morgan fingerprint density at radius 1 is 0.286 bits per heavy atom. The molecule has 0 aliphatic carbocycles. The Morgan fingerprint density at radius 2 is 0.655 bits per heavy atom. The minimum Gasteiger partial charge on any atom is -0.268 e. The van der Waals surface area contributed by atoms with E-state index in [0.29, 0.717) is 84.4 Å². The van der Waals surface area contributed by atoms with Crippen LogP contribution in [0.1, 0.15) is 84.4 Å². The summed E-state index contributed by atoms with van der Waals surface area (Å²) in [6, 6.07) is 48.9. The lowest BCUT2D eigenvalue weighted by Crippen LogP contribution is -2.30. The van der Waals surface area contributed by atoms with E-state index in [1.165, 1.54) is 48.0 Å². The van der Waals surface area contributed by atoms with Crippen LogP contribution in [0, 0.1) is 27.7 Å². The zero-order valence-corrected chi connectivity index (χ0v) is 45.0. The molecule has 0 unspecified atom stereocenters. The summed E-state index contributed by atoms with van der Waals surface area (Å²) in [6.45, 7) is 8.06. The molecule has 15 rings (SSSR count). The molecule has 0 fully saturated rings. The first-order chi connectivity index (χ1) is 40.7. The highest BCUT2D eigenvalue weighted by molar-refractivity contribution is 6.36. The Balaban J connectivity index is 0.639. The third-order valence-corrected chi connectivity index (χ3v) is 15.9. The fourth-order valence-corrected chi connectivity index (χ4v) is 11.2. The van der Waals surface area contributed by atoms with Crippen molar-refractivity contribution in [1.29, 1.82) is 0 Å². The van der Waals surface area contributed by atoms with Gasteiger partial charge in [0, 0.05) is 11.1 Å². The summed E-state index contributed by atoms with van der Waals surface area (Å²) >= 11 is 0. The van der Waals surface area contributed by atoms with Crippen molar-refractivity contribution in [2.24, 2.45) is 30.7 Å². The van der Waals surface area contributed by atoms with Crippen LogP contribution in [0.15, 0.2) is 201 Å². The van der Waals surface area contributed by atoms with Gasteiger partial charge in [0.15, 0.2) is 0 Å². The minimum atomic E-state index is -0.587. The van der Waals surface area contributed by atoms with Crippen molar-refractivity contribution < 1.29 is 28.8 Å². The number of anilines is 2. The number of benzene rings is 9. The average Bonchev–Trinajstić information content (AvgIpc) is 2.82. The van der Waals surface area contributed by atoms with Gasteiger partial charge in [-0.25, -0.2) is 19.8 Å². The second kappa shape index (κ2) is 18.4. The van der Waals surface area contributed by atoms with E-state index in [1.54, 1.807) is 51.6 Å². The van der Waals surface area contributed by atoms with Crippen LogP contribution in [-0.2, 0) is 0 Å². The molecule has 4 aliphatic rings. The fourth-order valence-electron chi connectivity index (χ4n) is 11.2. The molecule has 4 aliphatic heterocycles. The van der Waals surface area contributed by atoms with Crippen LogP contribution in [0.5, 0.6) is 0 Å². The van der Waals surface area contributed by atoms with Gasteiger partial charge in [0.05, 0.1) is 101 Å². The highest BCUT2D eigenvalue weighted by Crippen LogP contribution is 2.42. The number of rotatable bonds is 9. The molecule has 18 heteroatoms. The lowest BCUT2D eigenvalue weighted by atomic mass is 10.0. The van der Waals surface area contributed by atoms with Crippen LogP contribution in [0.3, 0.4) is 0 Å². The number of azo groups is 3. The number of aromatic nitrogens is 4. The Kier molecular flexibility index (Phi) is 10.8. The number of aryl methyl sites for hydroxylation is 4. The zero-order chi connectivity index (χ0) is 57.4. The molecule has 0 saturated heterocycles. The van der Waals surface area contributed by atoms with Crippen LogP contribution < -0.4 is 9.80 Å². The lowest BCUT2D eigenvalue weighted by molar-refractivity contribution is 0.0909. The summed E-state index contributed by atoms with van der Waals surface area (Å²) in [5.41, 5.74) is 15.1. The standard InChI is InChI=1S/C66H40N12O6/c1-33-5-9-39(25-35(33)3)69-72-42-11-19-47-52(30-42)66(84)78-58-28-38(7-23-55(58)67-59(47)78)37-8-24-57-56(27-37)68-60-51-29-41(12-20-48(51)63(81)77(57)60)71-74-44-14-22-50-54(32-44)65(83)76(62(50)80)46-17-15-45(16-18-46)75-61(79)49-21-13-43(31-53(49)64(75)82)73-70-40-10-6-34(2)36(4)26-40/h5-32H,1-4H3. The number of carbonyl (C=O) groups excluding carboxylic acids is 6. The van der Waals surface area contributed by atoms with Gasteiger partial charge in [-0.05, 0) is 207 Å². The summed E-state index contributed by atoms with van der Waals surface area (Å²) in [5, 5.41) is 26.3. The van der Waals surface area contributed by atoms with E-state index >= 15 is 0 Å². The second-order valence-corrected chi connectivity index (χ2v) is 21.0. The smallest absolute Gasteiger partial charge is 0.266 e. The molecule has 11 aromatic rings. The number of nitrogens with zero attached hydrogens (tertiary/aromatic N) is 12. The molecule has 6 heterocycles. The summed E-state index contributed by atoms with van der Waals surface area (Å²) in [5.74, 6) is -1.65. The van der Waals surface area contributed by atoms with E-state index in [-0.39, 0.29) is 45.4 Å². The van der Waals surface area contributed by atoms with Crippen molar-refractivity contribution in [3.05, 3.63) is 225 Å². The van der Waals surface area contributed by atoms with E-state index in [9.17, 15) is 28.8 Å². The largest absolute Gasteiger partial charge is 0.268 e. The summed E-state index contributed by atoms with van der Waals surface area (Å²) in [4.78, 5) is 94.7. The highest BCUT2D eigenvalue weighted by atomic mass is 16.2. The summed E-state index contributed by atoms with van der Waals surface area (Å²) in [6.07, 6.45) is 0. The highest BCUT2D eigenvalue weighted by Gasteiger charge is 2.40. The van der Waals surface area contributed by atoms with Crippen LogP contribution in [0.4, 0.5) is 45.5 Å². The lowest BCUT2D eigenvalue weighted by Gasteiger charge is -2.17. The van der Waals surface area contributed by atoms with Crippen LogP contribution >= 0.6 is 0 Å².